The average Bonchev–Trinajstić information content (AvgIpc) is 3.65. The van der Waals surface area contributed by atoms with E-state index >= 15 is 0 Å². The number of hydrogen-bond donors (Lipinski definition) is 1. The first-order chi connectivity index (χ1) is 17.4. The van der Waals surface area contributed by atoms with Crippen LogP contribution in [-0.2, 0) is 13.5 Å². The summed E-state index contributed by atoms with van der Waals surface area (Å²) >= 11 is 0. The van der Waals surface area contributed by atoms with Crippen molar-refractivity contribution in [3.05, 3.63) is 65.6 Å². The SMILES string of the molecule is Cc1c(-c2nnc(C(=O)N3CCc4[nH]cnc4[C@@H]3c3cc4c(OC(F)F)cccn4n3)o2)cnn1C. The Balaban J connectivity index is 1.40. The molecule has 0 saturated carbocycles. The lowest BCUT2D eigenvalue weighted by atomic mass is 9.99. The predicted molar refractivity (Wildman–Crippen MR) is 118 cm³/mol. The van der Waals surface area contributed by atoms with Crippen LogP contribution in [0.15, 0.2) is 41.3 Å². The number of aromatic amines is 1. The molecule has 6 heterocycles. The normalized spacial score (nSPS) is 15.6. The van der Waals surface area contributed by atoms with Crippen molar-refractivity contribution in [3.63, 3.8) is 0 Å². The summed E-state index contributed by atoms with van der Waals surface area (Å²) in [6, 6.07) is 3.86. The highest BCUT2D eigenvalue weighted by Crippen LogP contribution is 2.36. The van der Waals surface area contributed by atoms with Crippen LogP contribution in [0.4, 0.5) is 8.78 Å². The lowest BCUT2D eigenvalue weighted by molar-refractivity contribution is -0.0490. The number of imidazole rings is 1. The second kappa shape index (κ2) is 8.25. The number of ether oxygens (including phenoxy) is 1. The first-order valence-corrected chi connectivity index (χ1v) is 11.0. The number of carbonyl (C=O) groups is 1. The molecule has 5 aromatic heterocycles. The van der Waals surface area contributed by atoms with Gasteiger partial charge >= 0.3 is 18.4 Å². The number of carbonyl (C=O) groups excluding carboxylic acids is 1. The number of aromatic nitrogens is 8. The molecule has 0 unspecified atom stereocenters. The van der Waals surface area contributed by atoms with E-state index in [1.807, 2.05) is 6.92 Å². The first kappa shape index (κ1) is 21.9. The molecule has 1 atom stereocenters. The Morgan fingerprint density at radius 2 is 2.19 bits per heavy atom. The molecule has 14 heteroatoms. The molecule has 1 amide bonds. The largest absolute Gasteiger partial charge is 0.433 e. The number of pyridine rings is 1. The second-order valence-corrected chi connectivity index (χ2v) is 8.25. The van der Waals surface area contributed by atoms with Crippen LogP contribution in [0.25, 0.3) is 17.0 Å². The van der Waals surface area contributed by atoms with E-state index in [0.717, 1.165) is 11.4 Å². The number of alkyl halides is 2. The van der Waals surface area contributed by atoms with Gasteiger partial charge < -0.3 is 19.0 Å². The number of fused-ring (bicyclic) bond motifs is 2. The zero-order valence-corrected chi connectivity index (χ0v) is 19.1. The Bertz CT molecular complexity index is 1580. The van der Waals surface area contributed by atoms with E-state index in [1.165, 1.54) is 15.5 Å². The van der Waals surface area contributed by atoms with Crippen molar-refractivity contribution in [2.75, 3.05) is 6.54 Å². The van der Waals surface area contributed by atoms with Crippen molar-refractivity contribution in [2.24, 2.45) is 7.05 Å². The number of amides is 1. The van der Waals surface area contributed by atoms with Gasteiger partial charge in [-0.15, -0.1) is 10.2 Å². The molecule has 6 rings (SSSR count). The van der Waals surface area contributed by atoms with Crippen molar-refractivity contribution in [1.29, 1.82) is 0 Å². The third kappa shape index (κ3) is 3.49. The minimum absolute atomic E-state index is 0.0319. The fourth-order valence-corrected chi connectivity index (χ4v) is 4.38. The minimum Gasteiger partial charge on any atom is -0.433 e. The van der Waals surface area contributed by atoms with Gasteiger partial charge in [-0.3, -0.25) is 9.48 Å². The highest BCUT2D eigenvalue weighted by atomic mass is 19.3. The molecule has 184 valence electrons. The van der Waals surface area contributed by atoms with Gasteiger partial charge in [0.2, 0.25) is 0 Å². The van der Waals surface area contributed by atoms with E-state index in [2.05, 4.69) is 35.1 Å². The highest BCUT2D eigenvalue weighted by Gasteiger charge is 2.38. The summed E-state index contributed by atoms with van der Waals surface area (Å²) in [6.07, 6.45) is 5.26. The molecule has 1 aliphatic heterocycles. The molecule has 12 nitrogen and oxygen atoms in total. The Hall–Kier alpha value is -4.62. The maximum atomic E-state index is 13.6. The van der Waals surface area contributed by atoms with Crippen LogP contribution in [0.5, 0.6) is 5.75 Å². The molecule has 5 aromatic rings. The quantitative estimate of drug-likeness (QED) is 0.393. The van der Waals surface area contributed by atoms with Crippen LogP contribution in [-0.4, -0.2) is 63.5 Å². The average molecular weight is 495 g/mol. The summed E-state index contributed by atoms with van der Waals surface area (Å²) in [7, 11) is 1.79. The van der Waals surface area contributed by atoms with Gasteiger partial charge in [0, 0.05) is 37.6 Å². The van der Waals surface area contributed by atoms with Gasteiger partial charge in [0.1, 0.15) is 11.6 Å². The van der Waals surface area contributed by atoms with Gasteiger partial charge in [0.15, 0.2) is 5.75 Å². The first-order valence-electron chi connectivity index (χ1n) is 11.0. The maximum Gasteiger partial charge on any atom is 0.387 e. The fraction of sp³-hybridized carbons (Fsp3) is 0.273. The van der Waals surface area contributed by atoms with E-state index in [4.69, 9.17) is 4.42 Å². The number of nitrogens with zero attached hydrogens (tertiary/aromatic N) is 8. The van der Waals surface area contributed by atoms with Gasteiger partial charge in [-0.1, -0.05) is 0 Å². The predicted octanol–water partition coefficient (Wildman–Crippen LogP) is 2.54. The van der Waals surface area contributed by atoms with Crippen molar-refractivity contribution < 1.29 is 22.7 Å². The molecule has 1 N–H and O–H groups in total. The number of nitrogens with one attached hydrogen (secondary N) is 1. The zero-order valence-electron chi connectivity index (χ0n) is 19.1. The molecule has 0 aromatic carbocycles. The molecule has 0 saturated heterocycles. The summed E-state index contributed by atoms with van der Waals surface area (Å²) in [5, 5.41) is 16.7. The molecule has 0 fully saturated rings. The number of hydrogen-bond acceptors (Lipinski definition) is 8. The lowest BCUT2D eigenvalue weighted by Gasteiger charge is -2.32. The van der Waals surface area contributed by atoms with E-state index < -0.39 is 18.6 Å². The monoisotopic (exact) mass is 495 g/mol. The van der Waals surface area contributed by atoms with Crippen LogP contribution >= 0.6 is 0 Å². The summed E-state index contributed by atoms with van der Waals surface area (Å²) in [6.45, 7) is -0.824. The van der Waals surface area contributed by atoms with Crippen LogP contribution < -0.4 is 4.74 Å². The van der Waals surface area contributed by atoms with Crippen LogP contribution in [0.1, 0.15) is 39.5 Å². The minimum atomic E-state index is -2.99. The highest BCUT2D eigenvalue weighted by molar-refractivity contribution is 5.90. The Morgan fingerprint density at radius 3 is 2.97 bits per heavy atom. The molecule has 36 heavy (non-hydrogen) atoms. The van der Waals surface area contributed by atoms with E-state index in [0.29, 0.717) is 35.4 Å². The molecule has 0 aliphatic carbocycles. The number of rotatable bonds is 5. The third-order valence-corrected chi connectivity index (χ3v) is 6.24. The molecular weight excluding hydrogens is 476 g/mol. The van der Waals surface area contributed by atoms with Crippen LogP contribution in [0, 0.1) is 6.92 Å². The van der Waals surface area contributed by atoms with Gasteiger partial charge in [-0.25, -0.2) is 9.50 Å². The van der Waals surface area contributed by atoms with Crippen molar-refractivity contribution >= 4 is 11.4 Å². The Kier molecular flexibility index (Phi) is 5.01. The standard InChI is InChI=1S/C22H19F2N9O3/c1-11-12(9-27-31(11)2)19-28-29-20(36-19)21(34)32-7-5-13-17(26-10-25-13)18(32)14-8-15-16(35-22(23)24)4-3-6-33(15)30-14/h3-4,6,8-10,18,22H,5,7H2,1-2H3,(H,25,26)/t18-/m0/s1. The van der Waals surface area contributed by atoms with Gasteiger partial charge in [0.25, 0.3) is 5.89 Å². The van der Waals surface area contributed by atoms with E-state index in [-0.39, 0.29) is 17.5 Å². The number of halogens is 2. The molecule has 0 bridgehead atoms. The Labute approximate surface area is 201 Å². The summed E-state index contributed by atoms with van der Waals surface area (Å²) in [5.41, 5.74) is 3.63. The lowest BCUT2D eigenvalue weighted by Crippen LogP contribution is -2.41. The van der Waals surface area contributed by atoms with E-state index in [1.54, 1.807) is 42.6 Å². The van der Waals surface area contributed by atoms with Crippen molar-refractivity contribution in [2.45, 2.75) is 26.0 Å². The van der Waals surface area contributed by atoms with Crippen LogP contribution in [0.3, 0.4) is 0 Å². The topological polar surface area (TPSA) is 132 Å². The van der Waals surface area contributed by atoms with Gasteiger partial charge in [-0.2, -0.15) is 19.0 Å². The molecule has 0 spiro atoms. The summed E-state index contributed by atoms with van der Waals surface area (Å²) < 4.78 is 39.3. The molecule has 0 radical (unpaired) electrons. The number of aryl methyl sites for hydroxylation is 1. The summed E-state index contributed by atoms with van der Waals surface area (Å²) in [5.74, 6) is -0.548. The number of H-pyrrole nitrogens is 1. The van der Waals surface area contributed by atoms with Crippen LogP contribution in [0.2, 0.25) is 0 Å². The molecule has 1 aliphatic rings. The fourth-order valence-electron chi connectivity index (χ4n) is 4.38. The van der Waals surface area contributed by atoms with Gasteiger partial charge in [-0.05, 0) is 25.1 Å². The zero-order chi connectivity index (χ0) is 25.0. The van der Waals surface area contributed by atoms with Crippen molar-refractivity contribution in [3.8, 4) is 17.2 Å². The summed E-state index contributed by atoms with van der Waals surface area (Å²) in [4.78, 5) is 22.6. The molecular formula is C22H19F2N9O3. The smallest absolute Gasteiger partial charge is 0.387 e. The third-order valence-electron chi connectivity index (χ3n) is 6.24. The maximum absolute atomic E-state index is 13.6. The Morgan fingerprint density at radius 1 is 1.33 bits per heavy atom. The van der Waals surface area contributed by atoms with Gasteiger partial charge in [0.05, 0.1) is 29.5 Å². The van der Waals surface area contributed by atoms with E-state index in [9.17, 15) is 13.6 Å². The second-order valence-electron chi connectivity index (χ2n) is 8.25. The van der Waals surface area contributed by atoms with Crippen molar-refractivity contribution in [1.82, 2.24) is 44.5 Å².